The van der Waals surface area contributed by atoms with Crippen LogP contribution in [0.1, 0.15) is 32.3 Å². The van der Waals surface area contributed by atoms with Crippen molar-refractivity contribution in [1.82, 2.24) is 0 Å². The van der Waals surface area contributed by atoms with Crippen LogP contribution in [0.5, 0.6) is 17.2 Å². The van der Waals surface area contributed by atoms with E-state index >= 15 is 0 Å². The van der Waals surface area contributed by atoms with E-state index in [1.165, 1.54) is 0 Å². The number of carbonyl (C=O) groups excluding carboxylic acids is 1. The first kappa shape index (κ1) is 16.9. The molecule has 0 aliphatic carbocycles. The third-order valence-corrected chi connectivity index (χ3v) is 3.15. The van der Waals surface area contributed by atoms with E-state index in [9.17, 15) is 4.79 Å². The summed E-state index contributed by atoms with van der Waals surface area (Å²) < 4.78 is 16.9. The SMILES string of the molecule is CCCC(=O)Oc1c(OCC)cccc1OCc1ccccc1. The molecule has 122 valence electrons. The Balaban J connectivity index is 2.19. The van der Waals surface area contributed by atoms with Gasteiger partial charge in [0.15, 0.2) is 11.5 Å². The van der Waals surface area contributed by atoms with Crippen LogP contribution in [0, 0.1) is 0 Å². The molecule has 23 heavy (non-hydrogen) atoms. The number of hydrogen-bond donors (Lipinski definition) is 0. The van der Waals surface area contributed by atoms with Crippen molar-refractivity contribution in [2.24, 2.45) is 0 Å². The van der Waals surface area contributed by atoms with Crippen LogP contribution in [0.3, 0.4) is 0 Å². The van der Waals surface area contributed by atoms with Gasteiger partial charge in [0, 0.05) is 6.42 Å². The number of rotatable bonds is 8. The summed E-state index contributed by atoms with van der Waals surface area (Å²) in [6.45, 7) is 4.70. The van der Waals surface area contributed by atoms with Crippen molar-refractivity contribution >= 4 is 5.97 Å². The highest BCUT2D eigenvalue weighted by Gasteiger charge is 2.16. The van der Waals surface area contributed by atoms with E-state index in [2.05, 4.69) is 0 Å². The standard InChI is InChI=1S/C19H22O4/c1-3-9-18(20)23-19-16(21-4-2)12-8-13-17(19)22-14-15-10-6-5-7-11-15/h5-8,10-13H,3-4,9,14H2,1-2H3. The van der Waals surface area contributed by atoms with Crippen LogP contribution < -0.4 is 14.2 Å². The monoisotopic (exact) mass is 314 g/mol. The van der Waals surface area contributed by atoms with Crippen molar-refractivity contribution in [3.8, 4) is 17.2 Å². The maximum absolute atomic E-state index is 11.9. The lowest BCUT2D eigenvalue weighted by atomic mass is 10.2. The maximum Gasteiger partial charge on any atom is 0.311 e. The minimum atomic E-state index is -0.288. The summed E-state index contributed by atoms with van der Waals surface area (Å²) in [7, 11) is 0. The van der Waals surface area contributed by atoms with Gasteiger partial charge < -0.3 is 14.2 Å². The zero-order chi connectivity index (χ0) is 16.5. The largest absolute Gasteiger partial charge is 0.490 e. The average molecular weight is 314 g/mol. The molecule has 2 aromatic rings. The van der Waals surface area contributed by atoms with Crippen LogP contribution in [0.2, 0.25) is 0 Å². The van der Waals surface area contributed by atoms with Crippen molar-refractivity contribution in [3.05, 3.63) is 54.1 Å². The first-order valence-electron chi connectivity index (χ1n) is 7.87. The van der Waals surface area contributed by atoms with Crippen molar-refractivity contribution in [2.75, 3.05) is 6.61 Å². The van der Waals surface area contributed by atoms with Gasteiger partial charge in [-0.2, -0.15) is 0 Å². The minimum Gasteiger partial charge on any atom is -0.490 e. The van der Waals surface area contributed by atoms with Crippen LogP contribution in [-0.4, -0.2) is 12.6 Å². The lowest BCUT2D eigenvalue weighted by Gasteiger charge is -2.15. The lowest BCUT2D eigenvalue weighted by Crippen LogP contribution is -2.10. The minimum absolute atomic E-state index is 0.288. The van der Waals surface area contributed by atoms with Crippen molar-refractivity contribution in [2.45, 2.75) is 33.3 Å². The number of ether oxygens (including phenoxy) is 3. The molecule has 4 heteroatoms. The highest BCUT2D eigenvalue weighted by atomic mass is 16.6. The zero-order valence-corrected chi connectivity index (χ0v) is 13.6. The van der Waals surface area contributed by atoms with Crippen LogP contribution in [-0.2, 0) is 11.4 Å². The molecule has 2 rings (SSSR count). The maximum atomic E-state index is 11.9. The number of benzene rings is 2. The summed E-state index contributed by atoms with van der Waals surface area (Å²) in [5.41, 5.74) is 1.04. The Bertz CT molecular complexity index is 623. The van der Waals surface area contributed by atoms with Crippen molar-refractivity contribution in [1.29, 1.82) is 0 Å². The van der Waals surface area contributed by atoms with Crippen LogP contribution in [0.25, 0.3) is 0 Å². The van der Waals surface area contributed by atoms with Crippen molar-refractivity contribution in [3.63, 3.8) is 0 Å². The van der Waals surface area contributed by atoms with E-state index in [1.54, 1.807) is 12.1 Å². The normalized spacial score (nSPS) is 10.2. The van der Waals surface area contributed by atoms with Gasteiger partial charge in [-0.15, -0.1) is 0 Å². The molecule has 0 saturated carbocycles. The molecule has 0 amide bonds. The average Bonchev–Trinajstić information content (AvgIpc) is 2.56. The topological polar surface area (TPSA) is 44.8 Å². The zero-order valence-electron chi connectivity index (χ0n) is 13.6. The Morgan fingerprint density at radius 3 is 2.26 bits per heavy atom. The van der Waals surface area contributed by atoms with E-state index in [-0.39, 0.29) is 5.97 Å². The second-order valence-electron chi connectivity index (χ2n) is 5.01. The molecule has 0 unspecified atom stereocenters. The van der Waals surface area contributed by atoms with Crippen LogP contribution >= 0.6 is 0 Å². The predicted octanol–water partition coefficient (Wildman–Crippen LogP) is 4.37. The van der Waals surface area contributed by atoms with Gasteiger partial charge >= 0.3 is 5.97 Å². The molecule has 0 aromatic heterocycles. The Morgan fingerprint density at radius 1 is 0.913 bits per heavy atom. The molecule has 0 N–H and O–H groups in total. The van der Waals surface area contributed by atoms with Crippen LogP contribution in [0.15, 0.2) is 48.5 Å². The molecule has 4 nitrogen and oxygen atoms in total. The summed E-state index contributed by atoms with van der Waals surface area (Å²) in [6.07, 6.45) is 1.09. The Kier molecular flexibility index (Phi) is 6.48. The number of hydrogen-bond acceptors (Lipinski definition) is 4. The molecule has 0 atom stereocenters. The molecule has 0 aliphatic heterocycles. The molecule has 0 heterocycles. The Labute approximate surface area is 137 Å². The molecule has 0 aliphatic rings. The smallest absolute Gasteiger partial charge is 0.311 e. The van der Waals surface area contributed by atoms with E-state index in [0.29, 0.717) is 36.9 Å². The summed E-state index contributed by atoms with van der Waals surface area (Å²) in [5.74, 6) is 1.08. The van der Waals surface area contributed by atoms with Gasteiger partial charge in [0.2, 0.25) is 5.75 Å². The summed E-state index contributed by atoms with van der Waals surface area (Å²) in [6, 6.07) is 15.2. The first-order valence-corrected chi connectivity index (χ1v) is 7.87. The fraction of sp³-hybridized carbons (Fsp3) is 0.316. The van der Waals surface area contributed by atoms with Gasteiger partial charge in [-0.3, -0.25) is 4.79 Å². The Morgan fingerprint density at radius 2 is 1.61 bits per heavy atom. The second kappa shape index (κ2) is 8.83. The summed E-state index contributed by atoms with van der Waals surface area (Å²) >= 11 is 0. The molecular weight excluding hydrogens is 292 g/mol. The molecular formula is C19H22O4. The lowest BCUT2D eigenvalue weighted by molar-refractivity contribution is -0.134. The van der Waals surface area contributed by atoms with Gasteiger partial charge in [0.05, 0.1) is 6.61 Å². The molecule has 0 radical (unpaired) electrons. The molecule has 2 aromatic carbocycles. The second-order valence-corrected chi connectivity index (χ2v) is 5.01. The van der Waals surface area contributed by atoms with Gasteiger partial charge in [-0.05, 0) is 31.0 Å². The first-order chi connectivity index (χ1) is 11.2. The Hall–Kier alpha value is -2.49. The van der Waals surface area contributed by atoms with E-state index < -0.39 is 0 Å². The van der Waals surface area contributed by atoms with Crippen molar-refractivity contribution < 1.29 is 19.0 Å². The quantitative estimate of drug-likeness (QED) is 0.536. The molecule has 0 spiro atoms. The number of carbonyl (C=O) groups is 1. The fourth-order valence-electron chi connectivity index (χ4n) is 2.08. The highest BCUT2D eigenvalue weighted by Crippen LogP contribution is 2.38. The number of para-hydroxylation sites is 1. The van der Waals surface area contributed by atoms with Gasteiger partial charge in [-0.25, -0.2) is 0 Å². The fourth-order valence-corrected chi connectivity index (χ4v) is 2.08. The van der Waals surface area contributed by atoms with Gasteiger partial charge in [-0.1, -0.05) is 43.3 Å². The number of esters is 1. The van der Waals surface area contributed by atoms with E-state index in [1.807, 2.05) is 50.2 Å². The summed E-state index contributed by atoms with van der Waals surface area (Å²) in [5, 5.41) is 0. The van der Waals surface area contributed by atoms with E-state index in [0.717, 1.165) is 12.0 Å². The molecule has 0 fully saturated rings. The highest BCUT2D eigenvalue weighted by molar-refractivity contribution is 5.74. The van der Waals surface area contributed by atoms with Crippen LogP contribution in [0.4, 0.5) is 0 Å². The van der Waals surface area contributed by atoms with E-state index in [4.69, 9.17) is 14.2 Å². The molecule has 0 bridgehead atoms. The molecule has 0 saturated heterocycles. The van der Waals surface area contributed by atoms with Gasteiger partial charge in [0.1, 0.15) is 6.61 Å². The summed E-state index contributed by atoms with van der Waals surface area (Å²) in [4.78, 5) is 11.9. The third-order valence-electron chi connectivity index (χ3n) is 3.15. The third kappa shape index (κ3) is 5.02. The van der Waals surface area contributed by atoms with Gasteiger partial charge in [0.25, 0.3) is 0 Å². The predicted molar refractivity (Wildman–Crippen MR) is 88.9 cm³/mol.